The van der Waals surface area contributed by atoms with Crippen molar-refractivity contribution in [1.82, 2.24) is 4.98 Å². The van der Waals surface area contributed by atoms with Crippen LogP contribution >= 0.6 is 11.3 Å². The number of aryl methyl sites for hydroxylation is 2. The molecule has 26 heavy (non-hydrogen) atoms. The molecule has 1 N–H and O–H groups in total. The summed E-state index contributed by atoms with van der Waals surface area (Å²) < 4.78 is 19.3. The van der Waals surface area contributed by atoms with Gasteiger partial charge in [0.25, 0.3) is 5.91 Å². The van der Waals surface area contributed by atoms with Gasteiger partial charge in [-0.05, 0) is 42.7 Å². The Bertz CT molecular complexity index is 924. The molecule has 0 fully saturated rings. The van der Waals surface area contributed by atoms with Gasteiger partial charge in [0.05, 0.1) is 0 Å². The van der Waals surface area contributed by atoms with Crippen LogP contribution in [0, 0.1) is 19.7 Å². The number of thiazole rings is 1. The third-order valence-corrected chi connectivity index (χ3v) is 4.74. The molecule has 1 aromatic heterocycles. The first-order valence-corrected chi connectivity index (χ1v) is 9.01. The van der Waals surface area contributed by atoms with Gasteiger partial charge < -0.3 is 4.74 Å². The van der Waals surface area contributed by atoms with E-state index in [-0.39, 0.29) is 18.3 Å². The number of rotatable bonds is 6. The number of amides is 1. The van der Waals surface area contributed by atoms with E-state index >= 15 is 0 Å². The first kappa shape index (κ1) is 18.1. The van der Waals surface area contributed by atoms with Crippen molar-refractivity contribution in [3.63, 3.8) is 0 Å². The van der Waals surface area contributed by atoms with E-state index in [0.29, 0.717) is 22.9 Å². The first-order chi connectivity index (χ1) is 12.5. The predicted octanol–water partition coefficient (Wildman–Crippen LogP) is 4.51. The summed E-state index contributed by atoms with van der Waals surface area (Å²) in [6, 6.07) is 12.5. The maximum atomic E-state index is 13.7. The molecule has 0 aliphatic carbocycles. The lowest BCUT2D eigenvalue weighted by Gasteiger charge is -2.09. The van der Waals surface area contributed by atoms with Crippen molar-refractivity contribution in [2.24, 2.45) is 0 Å². The van der Waals surface area contributed by atoms with Crippen LogP contribution in [0.4, 0.5) is 9.52 Å². The summed E-state index contributed by atoms with van der Waals surface area (Å²) in [5.41, 5.74) is 2.65. The quantitative estimate of drug-likeness (QED) is 0.695. The number of aromatic nitrogens is 1. The second kappa shape index (κ2) is 8.10. The number of nitrogens with one attached hydrogen (secondary N) is 1. The summed E-state index contributed by atoms with van der Waals surface area (Å²) in [7, 11) is 0. The molecule has 0 bridgehead atoms. The van der Waals surface area contributed by atoms with Crippen molar-refractivity contribution in [1.29, 1.82) is 0 Å². The predicted molar refractivity (Wildman–Crippen MR) is 101 cm³/mol. The smallest absolute Gasteiger partial charge is 0.264 e. The number of halogens is 1. The molecule has 134 valence electrons. The third-order valence-electron chi connectivity index (χ3n) is 3.82. The molecule has 0 aliphatic rings. The number of ether oxygens (including phenoxy) is 1. The van der Waals surface area contributed by atoms with Gasteiger partial charge in [-0.15, -0.1) is 11.3 Å². The Hall–Kier alpha value is -2.73. The number of carbonyl (C=O) groups excluding carboxylic acids is 1. The Kier molecular flexibility index (Phi) is 5.63. The summed E-state index contributed by atoms with van der Waals surface area (Å²) >= 11 is 1.33. The van der Waals surface area contributed by atoms with Crippen molar-refractivity contribution in [3.05, 3.63) is 76.0 Å². The summed E-state index contributed by atoms with van der Waals surface area (Å²) in [6.07, 6.45) is 2.09. The minimum absolute atomic E-state index is 0.0908. The van der Waals surface area contributed by atoms with Crippen molar-refractivity contribution >= 4 is 22.4 Å². The fourth-order valence-corrected chi connectivity index (χ4v) is 3.29. The molecule has 6 heteroatoms. The fourth-order valence-electron chi connectivity index (χ4n) is 2.44. The summed E-state index contributed by atoms with van der Waals surface area (Å²) in [6.45, 7) is 3.81. The lowest BCUT2D eigenvalue weighted by atomic mass is 10.1. The molecule has 0 saturated heterocycles. The highest BCUT2D eigenvalue weighted by molar-refractivity contribution is 7.15. The van der Waals surface area contributed by atoms with E-state index in [9.17, 15) is 9.18 Å². The highest BCUT2D eigenvalue weighted by atomic mass is 32.1. The molecule has 0 radical (unpaired) electrons. The summed E-state index contributed by atoms with van der Waals surface area (Å²) in [5, 5.41) is 3.19. The van der Waals surface area contributed by atoms with Crippen LogP contribution in [0.15, 0.2) is 48.7 Å². The molecule has 0 saturated carbocycles. The highest BCUT2D eigenvalue weighted by Gasteiger charge is 2.10. The Balaban J connectivity index is 1.56. The molecule has 4 nitrogen and oxygen atoms in total. The van der Waals surface area contributed by atoms with Crippen LogP contribution in [0.5, 0.6) is 5.75 Å². The highest BCUT2D eigenvalue weighted by Crippen LogP contribution is 2.23. The molecule has 0 atom stereocenters. The topological polar surface area (TPSA) is 51.2 Å². The van der Waals surface area contributed by atoms with E-state index < -0.39 is 0 Å². The van der Waals surface area contributed by atoms with E-state index in [1.807, 2.05) is 32.0 Å². The molecular formula is C20H19FN2O2S. The number of anilines is 1. The number of hydrogen-bond donors (Lipinski definition) is 1. The normalized spacial score (nSPS) is 10.6. The molecule has 0 aliphatic heterocycles. The zero-order valence-corrected chi connectivity index (χ0v) is 15.4. The van der Waals surface area contributed by atoms with Crippen LogP contribution in [-0.2, 0) is 11.2 Å². The number of hydrogen-bond acceptors (Lipinski definition) is 4. The first-order valence-electron chi connectivity index (χ1n) is 8.19. The van der Waals surface area contributed by atoms with Crippen LogP contribution in [0.2, 0.25) is 0 Å². The van der Waals surface area contributed by atoms with Crippen LogP contribution in [0.3, 0.4) is 0 Å². The van der Waals surface area contributed by atoms with Gasteiger partial charge in [-0.1, -0.05) is 30.3 Å². The summed E-state index contributed by atoms with van der Waals surface area (Å²) in [5.74, 6) is 0.172. The van der Waals surface area contributed by atoms with Gasteiger partial charge in [-0.3, -0.25) is 10.1 Å². The zero-order chi connectivity index (χ0) is 18.5. The number of benzene rings is 2. The molecule has 0 unspecified atom stereocenters. The molecule has 1 amide bonds. The second-order valence-corrected chi connectivity index (χ2v) is 7.12. The largest absolute Gasteiger partial charge is 0.483 e. The van der Waals surface area contributed by atoms with Gasteiger partial charge in [0.1, 0.15) is 11.6 Å². The van der Waals surface area contributed by atoms with E-state index in [1.54, 1.807) is 24.4 Å². The molecular weight excluding hydrogens is 351 g/mol. The Morgan fingerprint density at radius 2 is 2.04 bits per heavy atom. The van der Waals surface area contributed by atoms with Crippen molar-refractivity contribution < 1.29 is 13.9 Å². The number of nitrogens with zero attached hydrogens (tertiary/aromatic N) is 1. The van der Waals surface area contributed by atoms with Crippen LogP contribution in [0.25, 0.3) is 0 Å². The minimum atomic E-state index is -0.280. The van der Waals surface area contributed by atoms with Gasteiger partial charge >= 0.3 is 0 Å². The SMILES string of the molecule is Cc1ccc(C)c(OCC(=O)Nc2ncc(Cc3ccccc3F)s2)c1. The monoisotopic (exact) mass is 370 g/mol. The van der Waals surface area contributed by atoms with Crippen molar-refractivity contribution in [2.45, 2.75) is 20.3 Å². The van der Waals surface area contributed by atoms with Crippen LogP contribution < -0.4 is 10.1 Å². The van der Waals surface area contributed by atoms with Gasteiger partial charge in [0, 0.05) is 17.5 Å². The van der Waals surface area contributed by atoms with Crippen LogP contribution in [-0.4, -0.2) is 17.5 Å². The van der Waals surface area contributed by atoms with Crippen LogP contribution in [0.1, 0.15) is 21.6 Å². The standard InChI is InChI=1S/C20H19FN2O2S/c1-13-7-8-14(2)18(9-13)25-12-19(24)23-20-22-11-16(26-20)10-15-5-3-4-6-17(15)21/h3-9,11H,10,12H2,1-2H3,(H,22,23,24). The lowest BCUT2D eigenvalue weighted by Crippen LogP contribution is -2.20. The zero-order valence-electron chi connectivity index (χ0n) is 14.6. The molecule has 3 aromatic rings. The molecule has 0 spiro atoms. The van der Waals surface area contributed by atoms with E-state index in [0.717, 1.165) is 16.0 Å². The molecule has 3 rings (SSSR count). The maximum absolute atomic E-state index is 13.7. The van der Waals surface area contributed by atoms with Crippen molar-refractivity contribution in [2.75, 3.05) is 11.9 Å². The Labute approximate surface area is 155 Å². The van der Waals surface area contributed by atoms with E-state index in [4.69, 9.17) is 4.74 Å². The summed E-state index contributed by atoms with van der Waals surface area (Å²) in [4.78, 5) is 17.1. The average Bonchev–Trinajstić information content (AvgIpc) is 3.04. The van der Waals surface area contributed by atoms with Gasteiger partial charge in [0.2, 0.25) is 0 Å². The Morgan fingerprint density at radius 3 is 2.85 bits per heavy atom. The Morgan fingerprint density at radius 1 is 1.23 bits per heavy atom. The lowest BCUT2D eigenvalue weighted by molar-refractivity contribution is -0.118. The van der Waals surface area contributed by atoms with Gasteiger partial charge in [0.15, 0.2) is 11.7 Å². The third kappa shape index (κ3) is 4.67. The minimum Gasteiger partial charge on any atom is -0.483 e. The molecule has 2 aromatic carbocycles. The average molecular weight is 370 g/mol. The van der Waals surface area contributed by atoms with Gasteiger partial charge in [-0.25, -0.2) is 9.37 Å². The molecule has 1 heterocycles. The maximum Gasteiger partial charge on any atom is 0.264 e. The van der Waals surface area contributed by atoms with E-state index in [1.165, 1.54) is 17.4 Å². The number of carbonyl (C=O) groups is 1. The second-order valence-electron chi connectivity index (χ2n) is 6.01. The van der Waals surface area contributed by atoms with E-state index in [2.05, 4.69) is 10.3 Å². The van der Waals surface area contributed by atoms with Gasteiger partial charge in [-0.2, -0.15) is 0 Å². The van der Waals surface area contributed by atoms with Crippen molar-refractivity contribution in [3.8, 4) is 5.75 Å². The fraction of sp³-hybridized carbons (Fsp3) is 0.200.